The molecule has 0 aliphatic rings. The topological polar surface area (TPSA) is 85.1 Å². The number of hydrogen-bond donors (Lipinski definition) is 2. The molecule has 1 aromatic carbocycles. The van der Waals surface area contributed by atoms with Gasteiger partial charge in [0.1, 0.15) is 5.01 Å². The number of rotatable bonds is 4. The Hall–Kier alpha value is -1.15. The van der Waals surface area contributed by atoms with Crippen molar-refractivity contribution in [3.05, 3.63) is 39.3 Å². The van der Waals surface area contributed by atoms with Crippen molar-refractivity contribution in [1.29, 1.82) is 0 Å². The number of aromatic nitrogens is 1. The van der Waals surface area contributed by atoms with Crippen molar-refractivity contribution in [2.24, 2.45) is 0 Å². The largest absolute Gasteiger partial charge is 0.398 e. The van der Waals surface area contributed by atoms with Crippen LogP contribution in [-0.2, 0) is 10.0 Å². The zero-order valence-electron chi connectivity index (χ0n) is 10.9. The molecule has 0 bridgehead atoms. The molecule has 0 spiro atoms. The maximum atomic E-state index is 12.4. The Bertz CT molecular complexity index is 715. The zero-order valence-corrected chi connectivity index (χ0v) is 13.3. The Balaban J connectivity index is 2.36. The van der Waals surface area contributed by atoms with E-state index in [-0.39, 0.29) is 9.92 Å². The van der Waals surface area contributed by atoms with Gasteiger partial charge in [0, 0.05) is 22.3 Å². The molecule has 0 saturated carbocycles. The lowest BCUT2D eigenvalue weighted by Gasteiger charge is -2.15. The molecule has 2 aromatic rings. The first-order valence-corrected chi connectivity index (χ1v) is 8.52. The van der Waals surface area contributed by atoms with E-state index < -0.39 is 16.1 Å². The summed E-state index contributed by atoms with van der Waals surface area (Å²) in [6, 6.07) is 2.50. The van der Waals surface area contributed by atoms with Crippen LogP contribution in [0.4, 0.5) is 5.69 Å². The monoisotopic (exact) mass is 331 g/mol. The van der Waals surface area contributed by atoms with Crippen LogP contribution in [0.1, 0.15) is 23.5 Å². The predicted octanol–water partition coefficient (Wildman–Crippen LogP) is 2.73. The highest BCUT2D eigenvalue weighted by Gasteiger charge is 2.23. The Kier molecular flexibility index (Phi) is 4.33. The summed E-state index contributed by atoms with van der Waals surface area (Å²) in [6.45, 7) is 3.38. The van der Waals surface area contributed by atoms with E-state index in [9.17, 15) is 8.42 Å². The third-order valence-electron chi connectivity index (χ3n) is 2.81. The maximum absolute atomic E-state index is 12.4. The summed E-state index contributed by atoms with van der Waals surface area (Å²) < 4.78 is 27.4. The van der Waals surface area contributed by atoms with Gasteiger partial charge in [0.05, 0.1) is 10.9 Å². The van der Waals surface area contributed by atoms with Crippen LogP contribution in [0.2, 0.25) is 5.02 Å². The molecule has 0 aliphatic carbocycles. The number of anilines is 1. The van der Waals surface area contributed by atoms with Crippen LogP contribution >= 0.6 is 22.9 Å². The van der Waals surface area contributed by atoms with Crippen LogP contribution in [0.15, 0.2) is 28.6 Å². The van der Waals surface area contributed by atoms with E-state index in [0.29, 0.717) is 16.3 Å². The van der Waals surface area contributed by atoms with Gasteiger partial charge in [-0.25, -0.2) is 18.1 Å². The Labute approximate surface area is 126 Å². The molecule has 2 rings (SSSR count). The van der Waals surface area contributed by atoms with Gasteiger partial charge in [0.2, 0.25) is 10.0 Å². The predicted molar refractivity (Wildman–Crippen MR) is 81.5 cm³/mol. The summed E-state index contributed by atoms with van der Waals surface area (Å²) in [5.41, 5.74) is 6.58. The summed E-state index contributed by atoms with van der Waals surface area (Å²) in [5.74, 6) is 0. The molecule has 0 amide bonds. The minimum Gasteiger partial charge on any atom is -0.398 e. The van der Waals surface area contributed by atoms with Crippen molar-refractivity contribution >= 4 is 38.6 Å². The Morgan fingerprint density at radius 2 is 2.15 bits per heavy atom. The average Bonchev–Trinajstić information content (AvgIpc) is 2.86. The fraction of sp³-hybridized carbons (Fsp3) is 0.250. The van der Waals surface area contributed by atoms with E-state index in [1.165, 1.54) is 23.5 Å². The molecule has 1 aromatic heterocycles. The second-order valence-electron chi connectivity index (χ2n) is 4.33. The van der Waals surface area contributed by atoms with Crippen molar-refractivity contribution in [3.63, 3.8) is 0 Å². The molecule has 0 aliphatic heterocycles. The fourth-order valence-electron chi connectivity index (χ4n) is 1.75. The number of thiazole rings is 1. The van der Waals surface area contributed by atoms with E-state index in [1.54, 1.807) is 25.4 Å². The van der Waals surface area contributed by atoms with Crippen LogP contribution in [0.25, 0.3) is 0 Å². The molecule has 1 atom stereocenters. The Morgan fingerprint density at radius 1 is 1.45 bits per heavy atom. The van der Waals surface area contributed by atoms with E-state index in [2.05, 4.69) is 9.71 Å². The van der Waals surface area contributed by atoms with Crippen LogP contribution in [-0.4, -0.2) is 13.4 Å². The highest BCUT2D eigenvalue weighted by Crippen LogP contribution is 2.27. The number of sulfonamides is 1. The van der Waals surface area contributed by atoms with Gasteiger partial charge >= 0.3 is 0 Å². The second-order valence-corrected chi connectivity index (χ2v) is 7.38. The third-order valence-corrected chi connectivity index (χ3v) is 5.65. The van der Waals surface area contributed by atoms with E-state index in [0.717, 1.165) is 0 Å². The number of nitrogens with zero attached hydrogens (tertiary/aromatic N) is 1. The summed E-state index contributed by atoms with van der Waals surface area (Å²) >= 11 is 7.27. The highest BCUT2D eigenvalue weighted by molar-refractivity contribution is 7.89. The van der Waals surface area contributed by atoms with E-state index in [1.807, 2.05) is 0 Å². The minimum atomic E-state index is -3.71. The second kappa shape index (κ2) is 5.69. The van der Waals surface area contributed by atoms with Gasteiger partial charge in [-0.15, -0.1) is 11.3 Å². The number of nitrogens with two attached hydrogens (primary N) is 1. The standard InChI is InChI=1S/C12H14ClN3O2S2/c1-7-10(14)5-9(13)6-11(7)20(17,18)16-8(2)12-15-3-4-19-12/h3-6,8,16H,14H2,1-2H3. The number of nitrogen functional groups attached to an aromatic ring is 1. The maximum Gasteiger partial charge on any atom is 0.241 e. The molecular formula is C12H14ClN3O2S2. The molecule has 8 heteroatoms. The van der Waals surface area contributed by atoms with Crippen molar-refractivity contribution in [2.45, 2.75) is 24.8 Å². The Morgan fingerprint density at radius 3 is 2.75 bits per heavy atom. The first-order valence-electron chi connectivity index (χ1n) is 5.78. The molecule has 1 heterocycles. The molecule has 108 valence electrons. The number of benzene rings is 1. The number of hydrogen-bond acceptors (Lipinski definition) is 5. The number of nitrogens with one attached hydrogen (secondary N) is 1. The van der Waals surface area contributed by atoms with Gasteiger partial charge in [0.25, 0.3) is 0 Å². The lowest BCUT2D eigenvalue weighted by molar-refractivity contribution is 0.566. The van der Waals surface area contributed by atoms with Crippen molar-refractivity contribution in [1.82, 2.24) is 9.71 Å². The quantitative estimate of drug-likeness (QED) is 0.843. The smallest absolute Gasteiger partial charge is 0.241 e. The molecule has 1 unspecified atom stereocenters. The average molecular weight is 332 g/mol. The molecule has 0 radical (unpaired) electrons. The summed E-state index contributed by atoms with van der Waals surface area (Å²) in [5, 5.41) is 2.78. The van der Waals surface area contributed by atoms with Crippen LogP contribution in [0, 0.1) is 6.92 Å². The normalized spacial score (nSPS) is 13.3. The van der Waals surface area contributed by atoms with Crippen molar-refractivity contribution in [3.8, 4) is 0 Å². The van der Waals surface area contributed by atoms with Gasteiger partial charge in [-0.3, -0.25) is 0 Å². The lowest BCUT2D eigenvalue weighted by atomic mass is 10.2. The minimum absolute atomic E-state index is 0.0888. The molecule has 20 heavy (non-hydrogen) atoms. The van der Waals surface area contributed by atoms with Gasteiger partial charge in [0.15, 0.2) is 0 Å². The molecule has 0 fully saturated rings. The van der Waals surface area contributed by atoms with E-state index >= 15 is 0 Å². The molecular weight excluding hydrogens is 318 g/mol. The summed E-state index contributed by atoms with van der Waals surface area (Å²) in [4.78, 5) is 4.18. The van der Waals surface area contributed by atoms with Crippen molar-refractivity contribution in [2.75, 3.05) is 5.73 Å². The first kappa shape index (κ1) is 15.2. The lowest BCUT2D eigenvalue weighted by Crippen LogP contribution is -2.27. The zero-order chi connectivity index (χ0) is 14.9. The van der Waals surface area contributed by atoms with Gasteiger partial charge < -0.3 is 5.73 Å². The molecule has 3 N–H and O–H groups in total. The van der Waals surface area contributed by atoms with Crippen LogP contribution in [0.3, 0.4) is 0 Å². The first-order chi connectivity index (χ1) is 9.31. The number of halogens is 1. The van der Waals surface area contributed by atoms with Gasteiger partial charge in [-0.05, 0) is 31.5 Å². The fourth-order valence-corrected chi connectivity index (χ4v) is 4.27. The highest BCUT2D eigenvalue weighted by atomic mass is 35.5. The van der Waals surface area contributed by atoms with Gasteiger partial charge in [-0.2, -0.15) is 0 Å². The van der Waals surface area contributed by atoms with Crippen LogP contribution in [0.5, 0.6) is 0 Å². The van der Waals surface area contributed by atoms with Crippen LogP contribution < -0.4 is 10.5 Å². The SMILES string of the molecule is Cc1c(N)cc(Cl)cc1S(=O)(=O)NC(C)c1nccs1. The molecule has 0 saturated heterocycles. The summed E-state index contributed by atoms with van der Waals surface area (Å²) in [6.07, 6.45) is 1.63. The molecule has 5 nitrogen and oxygen atoms in total. The third kappa shape index (κ3) is 3.12. The van der Waals surface area contributed by atoms with Crippen molar-refractivity contribution < 1.29 is 8.42 Å². The van der Waals surface area contributed by atoms with E-state index in [4.69, 9.17) is 17.3 Å². The van der Waals surface area contributed by atoms with Gasteiger partial charge in [-0.1, -0.05) is 11.6 Å². The summed E-state index contributed by atoms with van der Waals surface area (Å²) in [7, 11) is -3.71.